The number of unbranched alkanes of at least 4 members (excludes halogenated alkanes) is 14. The first kappa shape index (κ1) is 42.9. The number of carbonyl (C=O) groups excluding carboxylic acids is 2. The number of ether oxygens (including phenoxy) is 2. The Bertz CT molecular complexity index is 630. The SMILES string of the molecule is CCCCCCCCC(CCCCCC)C(=O)OCCCCCCN(CCCCCCOC(=O)C(C)CC)CCCNCC. The van der Waals surface area contributed by atoms with Crippen molar-refractivity contribution in [3.05, 3.63) is 0 Å². The maximum absolute atomic E-state index is 12.9. The number of carbonyl (C=O) groups is 2. The first-order valence-electron chi connectivity index (χ1n) is 19.3. The minimum absolute atomic E-state index is 0.0120. The Balaban J connectivity index is 4.23. The molecule has 6 nitrogen and oxygen atoms in total. The van der Waals surface area contributed by atoms with Gasteiger partial charge < -0.3 is 19.7 Å². The third-order valence-electron chi connectivity index (χ3n) is 8.96. The summed E-state index contributed by atoms with van der Waals surface area (Å²) in [4.78, 5) is 27.3. The highest BCUT2D eigenvalue weighted by molar-refractivity contribution is 5.72. The van der Waals surface area contributed by atoms with Crippen LogP contribution in [0.25, 0.3) is 0 Å². The topological polar surface area (TPSA) is 67.9 Å². The van der Waals surface area contributed by atoms with Crippen LogP contribution in [-0.2, 0) is 19.1 Å². The molecule has 0 saturated heterocycles. The zero-order chi connectivity index (χ0) is 32.5. The Morgan fingerprint density at radius 2 is 1.02 bits per heavy atom. The molecule has 0 aliphatic carbocycles. The standard InChI is InChI=1S/C38H76N2O4/c1-6-10-12-14-15-21-28-36(27-20-13-11-7-2)38(42)44-34-25-19-17-23-31-40(32-26-29-39-9-4)30-22-16-18-24-33-43-37(41)35(5)8-3/h35-36,39H,6-34H2,1-5H3. The summed E-state index contributed by atoms with van der Waals surface area (Å²) in [6.45, 7) is 17.3. The van der Waals surface area contributed by atoms with Crippen LogP contribution in [0.1, 0.15) is 176 Å². The van der Waals surface area contributed by atoms with Gasteiger partial charge in [-0.15, -0.1) is 0 Å². The van der Waals surface area contributed by atoms with Gasteiger partial charge in [0.2, 0.25) is 0 Å². The summed E-state index contributed by atoms with van der Waals surface area (Å²) in [5.74, 6) is 0.130. The van der Waals surface area contributed by atoms with E-state index in [0.29, 0.717) is 13.2 Å². The number of rotatable bonds is 34. The predicted octanol–water partition coefficient (Wildman–Crippen LogP) is 9.88. The van der Waals surface area contributed by atoms with Crippen LogP contribution in [0, 0.1) is 11.8 Å². The summed E-state index contributed by atoms with van der Waals surface area (Å²) in [6, 6.07) is 0. The highest BCUT2D eigenvalue weighted by atomic mass is 16.5. The molecule has 0 aliphatic heterocycles. The third-order valence-corrected chi connectivity index (χ3v) is 8.96. The minimum atomic E-state index is -0.0528. The lowest BCUT2D eigenvalue weighted by atomic mass is 9.94. The lowest BCUT2D eigenvalue weighted by Gasteiger charge is -2.22. The summed E-state index contributed by atoms with van der Waals surface area (Å²) in [5.41, 5.74) is 0. The van der Waals surface area contributed by atoms with Crippen LogP contribution in [-0.4, -0.2) is 62.8 Å². The van der Waals surface area contributed by atoms with Gasteiger partial charge in [0.15, 0.2) is 0 Å². The van der Waals surface area contributed by atoms with E-state index < -0.39 is 0 Å². The van der Waals surface area contributed by atoms with Crippen molar-refractivity contribution in [3.63, 3.8) is 0 Å². The second-order valence-corrected chi connectivity index (χ2v) is 13.1. The summed E-state index contributed by atoms with van der Waals surface area (Å²) >= 11 is 0. The van der Waals surface area contributed by atoms with Crippen LogP contribution in [0.4, 0.5) is 0 Å². The highest BCUT2D eigenvalue weighted by Crippen LogP contribution is 2.21. The van der Waals surface area contributed by atoms with E-state index in [1.54, 1.807) is 0 Å². The van der Waals surface area contributed by atoms with E-state index in [9.17, 15) is 9.59 Å². The van der Waals surface area contributed by atoms with Crippen LogP contribution >= 0.6 is 0 Å². The van der Waals surface area contributed by atoms with Crippen LogP contribution in [0.3, 0.4) is 0 Å². The molecule has 44 heavy (non-hydrogen) atoms. The van der Waals surface area contributed by atoms with E-state index in [0.717, 1.165) is 90.5 Å². The van der Waals surface area contributed by atoms with Gasteiger partial charge in [0.05, 0.1) is 25.0 Å². The van der Waals surface area contributed by atoms with Crippen molar-refractivity contribution >= 4 is 11.9 Å². The molecule has 0 aromatic heterocycles. The van der Waals surface area contributed by atoms with Gasteiger partial charge in [-0.3, -0.25) is 9.59 Å². The largest absolute Gasteiger partial charge is 0.465 e. The van der Waals surface area contributed by atoms with Crippen molar-refractivity contribution in [3.8, 4) is 0 Å². The van der Waals surface area contributed by atoms with Crippen LogP contribution in [0.2, 0.25) is 0 Å². The van der Waals surface area contributed by atoms with Gasteiger partial charge in [0, 0.05) is 0 Å². The molecule has 262 valence electrons. The number of esters is 2. The van der Waals surface area contributed by atoms with Gasteiger partial charge >= 0.3 is 11.9 Å². The van der Waals surface area contributed by atoms with Crippen LogP contribution in [0.15, 0.2) is 0 Å². The third kappa shape index (κ3) is 27.2. The van der Waals surface area contributed by atoms with Gasteiger partial charge in [-0.1, -0.05) is 125 Å². The molecular formula is C38H76N2O4. The molecule has 0 rings (SSSR count). The zero-order valence-electron chi connectivity index (χ0n) is 30.2. The van der Waals surface area contributed by atoms with E-state index in [-0.39, 0.29) is 23.8 Å². The summed E-state index contributed by atoms with van der Waals surface area (Å²) < 4.78 is 11.2. The highest BCUT2D eigenvalue weighted by Gasteiger charge is 2.19. The first-order chi connectivity index (χ1) is 21.5. The van der Waals surface area contributed by atoms with E-state index in [1.165, 1.54) is 83.5 Å². The molecule has 1 N–H and O–H groups in total. The fraction of sp³-hybridized carbons (Fsp3) is 0.947. The van der Waals surface area contributed by atoms with Crippen LogP contribution < -0.4 is 5.32 Å². The Kier molecular flexibility index (Phi) is 32.4. The lowest BCUT2D eigenvalue weighted by molar-refractivity contribution is -0.149. The Morgan fingerprint density at radius 1 is 0.568 bits per heavy atom. The predicted molar refractivity (Wildman–Crippen MR) is 188 cm³/mol. The Morgan fingerprint density at radius 3 is 1.57 bits per heavy atom. The maximum Gasteiger partial charge on any atom is 0.308 e. The van der Waals surface area contributed by atoms with Gasteiger partial charge in [-0.25, -0.2) is 0 Å². The molecular weight excluding hydrogens is 548 g/mol. The first-order valence-corrected chi connectivity index (χ1v) is 19.3. The zero-order valence-corrected chi connectivity index (χ0v) is 30.2. The van der Waals surface area contributed by atoms with Crippen molar-refractivity contribution in [1.82, 2.24) is 10.2 Å². The summed E-state index contributed by atoms with van der Waals surface area (Å²) in [7, 11) is 0. The summed E-state index contributed by atoms with van der Waals surface area (Å²) in [6.07, 6.45) is 25.6. The van der Waals surface area contributed by atoms with Gasteiger partial charge in [0.1, 0.15) is 0 Å². The van der Waals surface area contributed by atoms with E-state index in [4.69, 9.17) is 9.47 Å². The quantitative estimate of drug-likeness (QED) is 0.0568. The normalized spacial score (nSPS) is 12.9. The van der Waals surface area contributed by atoms with Gasteiger partial charge in [-0.2, -0.15) is 0 Å². The molecule has 0 aliphatic rings. The molecule has 0 aromatic rings. The molecule has 0 amide bonds. The number of nitrogens with one attached hydrogen (secondary N) is 1. The molecule has 0 aromatic carbocycles. The molecule has 0 heterocycles. The molecule has 0 bridgehead atoms. The number of hydrogen-bond acceptors (Lipinski definition) is 6. The molecule has 6 heteroatoms. The second-order valence-electron chi connectivity index (χ2n) is 13.1. The maximum atomic E-state index is 12.9. The average molecular weight is 625 g/mol. The molecule has 0 fully saturated rings. The summed E-state index contributed by atoms with van der Waals surface area (Å²) in [5, 5.41) is 3.45. The van der Waals surface area contributed by atoms with Crippen molar-refractivity contribution in [2.45, 2.75) is 176 Å². The average Bonchev–Trinajstić information content (AvgIpc) is 3.03. The monoisotopic (exact) mass is 625 g/mol. The van der Waals surface area contributed by atoms with Crippen molar-refractivity contribution in [2.75, 3.05) is 45.9 Å². The van der Waals surface area contributed by atoms with Crippen molar-refractivity contribution in [1.29, 1.82) is 0 Å². The van der Waals surface area contributed by atoms with Gasteiger partial charge in [-0.05, 0) is 84.1 Å². The lowest BCUT2D eigenvalue weighted by Crippen LogP contribution is -2.29. The molecule has 0 spiro atoms. The molecule has 2 atom stereocenters. The van der Waals surface area contributed by atoms with E-state index in [2.05, 4.69) is 31.0 Å². The molecule has 0 saturated carbocycles. The van der Waals surface area contributed by atoms with E-state index in [1.807, 2.05) is 13.8 Å². The van der Waals surface area contributed by atoms with Crippen molar-refractivity contribution in [2.24, 2.45) is 11.8 Å². The van der Waals surface area contributed by atoms with Crippen molar-refractivity contribution < 1.29 is 19.1 Å². The minimum Gasteiger partial charge on any atom is -0.465 e. The molecule has 2 unspecified atom stereocenters. The fourth-order valence-corrected chi connectivity index (χ4v) is 5.66. The Hall–Kier alpha value is -1.14. The number of nitrogens with zero attached hydrogens (tertiary/aromatic N) is 1. The number of hydrogen-bond donors (Lipinski definition) is 1. The smallest absolute Gasteiger partial charge is 0.308 e. The van der Waals surface area contributed by atoms with Crippen LogP contribution in [0.5, 0.6) is 0 Å². The van der Waals surface area contributed by atoms with E-state index >= 15 is 0 Å². The van der Waals surface area contributed by atoms with Gasteiger partial charge in [0.25, 0.3) is 0 Å². The molecule has 0 radical (unpaired) electrons. The fourth-order valence-electron chi connectivity index (χ4n) is 5.66. The second kappa shape index (κ2) is 33.2. The Labute approximate surface area is 274 Å².